The van der Waals surface area contributed by atoms with E-state index < -0.39 is 41.3 Å². The third-order valence-corrected chi connectivity index (χ3v) is 11.3. The lowest BCUT2D eigenvalue weighted by Crippen LogP contribution is -2.35. The van der Waals surface area contributed by atoms with Crippen LogP contribution in [-0.4, -0.2) is 68.1 Å². The predicted octanol–water partition coefficient (Wildman–Crippen LogP) is 8.93. The number of aromatic nitrogens is 4. The first-order valence-electron chi connectivity index (χ1n) is 19.3. The maximum Gasteiger partial charge on any atom is 0.316 e. The summed E-state index contributed by atoms with van der Waals surface area (Å²) in [4.78, 5) is 67.1. The number of methoxy groups -OCH3 is 1. The van der Waals surface area contributed by atoms with E-state index in [4.69, 9.17) is 14.8 Å². The molecule has 0 bridgehead atoms. The highest BCUT2D eigenvalue weighted by Gasteiger charge is 2.28. The Labute approximate surface area is 368 Å². The number of thiazole rings is 2. The fraction of sp³-hybridized carbons (Fsp3) is 0.174. The lowest BCUT2D eigenvalue weighted by molar-refractivity contribution is -0.140. The van der Waals surface area contributed by atoms with Crippen molar-refractivity contribution < 1.29 is 42.9 Å². The molecule has 322 valence electrons. The number of hydrogen-bond donors (Lipinski definition) is 3. The molecule has 3 heterocycles. The van der Waals surface area contributed by atoms with Crippen molar-refractivity contribution in [3.8, 4) is 39.7 Å². The number of benzene rings is 4. The van der Waals surface area contributed by atoms with Gasteiger partial charge in [-0.15, -0.1) is 22.7 Å². The molecule has 0 aliphatic carbocycles. The Balaban J connectivity index is 0.000000215. The second-order valence-corrected chi connectivity index (χ2v) is 15.7. The maximum atomic E-state index is 13.9. The molecule has 2 atom stereocenters. The SMILES string of the molecule is COc1ncc(-c2ccccc2-c2csc(N(C)C(=O)[C@@H](CC(=O)O)Cc3ccccc3)n2)cn1.O=C(O)C[C@@H](Cc1ccccc1)C(=O)Nc1nc(-c2cc(F)ccc2F)cs1. The molecule has 0 saturated heterocycles. The summed E-state index contributed by atoms with van der Waals surface area (Å²) < 4.78 is 32.3. The molecule has 0 saturated carbocycles. The minimum absolute atomic E-state index is 0.0110. The first kappa shape index (κ1) is 45.3. The van der Waals surface area contributed by atoms with E-state index in [9.17, 15) is 33.1 Å². The average molecular weight is 891 g/mol. The van der Waals surface area contributed by atoms with Gasteiger partial charge in [0.05, 0.1) is 43.2 Å². The standard InChI is InChI=1S/C26H24N4O4S.C20H16F2N2O3S/c1-30(24(33)18(13-23(31)32)12-17-8-4-3-5-9-17)26-29-22(16-35-26)21-11-7-6-10-20(21)19-14-27-25(34-2)28-15-19;21-14-6-7-16(22)15(10-14)17-11-28-20(23-17)24-19(27)13(9-18(25)26)8-12-4-2-1-3-5-12/h3-11,14-16,18H,12-13H2,1-2H3,(H,31,32);1-7,10-11,13H,8-9H2,(H,25,26)(H,23,24,27)/t18-;13-/m11/s1. The van der Waals surface area contributed by atoms with Crippen LogP contribution in [0, 0.1) is 23.5 Å². The number of carbonyl (C=O) groups excluding carboxylic acids is 2. The summed E-state index contributed by atoms with van der Waals surface area (Å²) in [6, 6.07) is 29.6. The van der Waals surface area contributed by atoms with E-state index in [2.05, 4.69) is 20.3 Å². The second-order valence-electron chi connectivity index (χ2n) is 14.0. The molecule has 0 unspecified atom stereocenters. The van der Waals surface area contributed by atoms with Crippen molar-refractivity contribution in [3.63, 3.8) is 0 Å². The van der Waals surface area contributed by atoms with Gasteiger partial charge in [0, 0.05) is 46.9 Å². The molecule has 0 fully saturated rings. The fourth-order valence-corrected chi connectivity index (χ4v) is 8.02. The summed E-state index contributed by atoms with van der Waals surface area (Å²) in [5, 5.41) is 25.1. The van der Waals surface area contributed by atoms with Crippen LogP contribution >= 0.6 is 22.7 Å². The van der Waals surface area contributed by atoms with E-state index in [1.54, 1.807) is 19.4 Å². The highest BCUT2D eigenvalue weighted by molar-refractivity contribution is 7.14. The number of halogens is 2. The van der Waals surface area contributed by atoms with Crippen LogP contribution in [0.3, 0.4) is 0 Å². The largest absolute Gasteiger partial charge is 0.481 e. The van der Waals surface area contributed by atoms with Crippen LogP contribution in [0.15, 0.2) is 126 Å². The van der Waals surface area contributed by atoms with E-state index in [1.807, 2.05) is 90.3 Å². The Morgan fingerprint density at radius 1 is 0.714 bits per heavy atom. The van der Waals surface area contributed by atoms with Gasteiger partial charge in [0.1, 0.15) is 11.6 Å². The van der Waals surface area contributed by atoms with Gasteiger partial charge in [-0.1, -0.05) is 84.9 Å². The number of carbonyl (C=O) groups is 4. The van der Waals surface area contributed by atoms with Gasteiger partial charge in [-0.25, -0.2) is 28.7 Å². The Kier molecular flexibility index (Phi) is 15.5. The number of hydrogen-bond acceptors (Lipinski definition) is 11. The Hall–Kier alpha value is -7.24. The van der Waals surface area contributed by atoms with Crippen molar-refractivity contribution in [3.05, 3.63) is 149 Å². The van der Waals surface area contributed by atoms with Gasteiger partial charge < -0.3 is 20.3 Å². The third-order valence-electron chi connectivity index (χ3n) is 9.58. The number of nitrogens with zero attached hydrogens (tertiary/aromatic N) is 5. The highest BCUT2D eigenvalue weighted by atomic mass is 32.1. The molecule has 7 aromatic rings. The first-order chi connectivity index (χ1) is 30.4. The van der Waals surface area contributed by atoms with Crippen molar-refractivity contribution in [1.82, 2.24) is 19.9 Å². The van der Waals surface area contributed by atoms with Gasteiger partial charge >= 0.3 is 17.9 Å². The third kappa shape index (κ3) is 12.4. The van der Waals surface area contributed by atoms with Crippen LogP contribution in [0.4, 0.5) is 19.0 Å². The van der Waals surface area contributed by atoms with Crippen LogP contribution in [0.5, 0.6) is 6.01 Å². The molecule has 17 heteroatoms. The predicted molar refractivity (Wildman–Crippen MR) is 236 cm³/mol. The van der Waals surface area contributed by atoms with Crippen LogP contribution in [0.2, 0.25) is 0 Å². The van der Waals surface area contributed by atoms with E-state index in [-0.39, 0.29) is 47.6 Å². The summed E-state index contributed by atoms with van der Waals surface area (Å²) in [7, 11) is 3.15. The molecular weight excluding hydrogens is 851 g/mol. The zero-order valence-corrected chi connectivity index (χ0v) is 35.5. The number of aliphatic carboxylic acids is 2. The molecule has 2 amide bonds. The Bertz CT molecular complexity index is 2670. The Morgan fingerprint density at radius 3 is 1.89 bits per heavy atom. The van der Waals surface area contributed by atoms with Crippen LogP contribution in [0.1, 0.15) is 24.0 Å². The fourth-order valence-electron chi connectivity index (χ4n) is 6.51. The average Bonchev–Trinajstić information content (AvgIpc) is 3.98. The Morgan fingerprint density at radius 2 is 1.27 bits per heavy atom. The summed E-state index contributed by atoms with van der Waals surface area (Å²) >= 11 is 2.38. The monoisotopic (exact) mass is 890 g/mol. The van der Waals surface area contributed by atoms with Gasteiger partial charge in [-0.05, 0) is 47.7 Å². The topological polar surface area (TPSA) is 185 Å². The summed E-state index contributed by atoms with van der Waals surface area (Å²) in [6.45, 7) is 0. The summed E-state index contributed by atoms with van der Waals surface area (Å²) in [5.41, 5.74) is 5.21. The number of carboxylic acids is 2. The lowest BCUT2D eigenvalue weighted by Gasteiger charge is -2.21. The van der Waals surface area contributed by atoms with Gasteiger partial charge in [0.25, 0.3) is 0 Å². The lowest BCUT2D eigenvalue weighted by atomic mass is 9.95. The molecule has 4 aromatic carbocycles. The highest BCUT2D eigenvalue weighted by Crippen LogP contribution is 2.35. The minimum atomic E-state index is -1.09. The molecule has 63 heavy (non-hydrogen) atoms. The van der Waals surface area contributed by atoms with Crippen LogP contribution < -0.4 is 15.0 Å². The quantitative estimate of drug-likeness (QED) is 0.0842. The van der Waals surface area contributed by atoms with Crippen LogP contribution in [0.25, 0.3) is 33.6 Å². The molecule has 0 aliphatic rings. The summed E-state index contributed by atoms with van der Waals surface area (Å²) in [5.74, 6) is -5.59. The van der Waals surface area contributed by atoms with Crippen molar-refractivity contribution in [1.29, 1.82) is 0 Å². The number of ether oxygens (including phenoxy) is 1. The zero-order chi connectivity index (χ0) is 44.9. The van der Waals surface area contributed by atoms with Crippen LogP contribution in [-0.2, 0) is 32.0 Å². The molecule has 0 spiro atoms. The molecule has 7 rings (SSSR count). The maximum absolute atomic E-state index is 13.9. The molecule has 0 radical (unpaired) electrons. The van der Waals surface area contributed by atoms with E-state index in [0.29, 0.717) is 17.2 Å². The number of anilines is 2. The van der Waals surface area contributed by atoms with Crippen molar-refractivity contribution in [2.75, 3.05) is 24.4 Å². The first-order valence-corrected chi connectivity index (χ1v) is 21.1. The number of amides is 2. The van der Waals surface area contributed by atoms with Crippen molar-refractivity contribution in [2.45, 2.75) is 25.7 Å². The number of rotatable bonds is 16. The molecule has 0 aliphatic heterocycles. The van der Waals surface area contributed by atoms with E-state index in [0.717, 1.165) is 57.4 Å². The van der Waals surface area contributed by atoms with Gasteiger partial charge in [0.15, 0.2) is 10.3 Å². The molecular formula is C46H40F2N6O7S2. The smallest absolute Gasteiger partial charge is 0.316 e. The van der Waals surface area contributed by atoms with E-state index in [1.165, 1.54) is 28.7 Å². The van der Waals surface area contributed by atoms with E-state index >= 15 is 0 Å². The minimum Gasteiger partial charge on any atom is -0.481 e. The normalized spacial score (nSPS) is 11.7. The molecule has 3 aromatic heterocycles. The molecule has 13 nitrogen and oxygen atoms in total. The molecule has 3 N–H and O–H groups in total. The second kappa shape index (κ2) is 21.5. The van der Waals surface area contributed by atoms with Crippen molar-refractivity contribution >= 4 is 56.7 Å². The van der Waals surface area contributed by atoms with Gasteiger partial charge in [-0.2, -0.15) is 0 Å². The number of nitrogens with one attached hydrogen (secondary N) is 1. The summed E-state index contributed by atoms with van der Waals surface area (Å²) in [6.07, 6.45) is 3.39. The zero-order valence-electron chi connectivity index (χ0n) is 33.9. The van der Waals surface area contributed by atoms with Crippen molar-refractivity contribution in [2.24, 2.45) is 11.8 Å². The number of carboxylic acid groups (broad SMARTS) is 2. The van der Waals surface area contributed by atoms with Gasteiger partial charge in [-0.3, -0.25) is 24.1 Å². The van der Waals surface area contributed by atoms with Gasteiger partial charge in [0.2, 0.25) is 11.8 Å².